The van der Waals surface area contributed by atoms with Crippen molar-refractivity contribution >= 4 is 20.9 Å². The Morgan fingerprint density at radius 2 is 1.92 bits per heavy atom. The molecule has 0 atom stereocenters. The summed E-state index contributed by atoms with van der Waals surface area (Å²) in [5.41, 5.74) is 3.59. The molecular formula is C18H19FN2O2S. The highest BCUT2D eigenvalue weighted by Crippen LogP contribution is 2.23. The molecule has 0 saturated carbocycles. The van der Waals surface area contributed by atoms with Crippen molar-refractivity contribution in [2.45, 2.75) is 25.2 Å². The van der Waals surface area contributed by atoms with E-state index < -0.39 is 10.0 Å². The summed E-state index contributed by atoms with van der Waals surface area (Å²) in [6.45, 7) is 4.01. The highest BCUT2D eigenvalue weighted by atomic mass is 32.2. The van der Waals surface area contributed by atoms with Gasteiger partial charge < -0.3 is 4.98 Å². The van der Waals surface area contributed by atoms with Crippen LogP contribution < -0.4 is 4.72 Å². The van der Waals surface area contributed by atoms with Crippen LogP contribution in [-0.2, 0) is 16.4 Å². The van der Waals surface area contributed by atoms with Gasteiger partial charge in [-0.15, -0.1) is 0 Å². The van der Waals surface area contributed by atoms with Gasteiger partial charge in [-0.1, -0.05) is 12.1 Å². The first kappa shape index (κ1) is 16.7. The normalized spacial score (nSPS) is 12.0. The Balaban J connectivity index is 1.77. The number of aromatic nitrogens is 1. The fraction of sp³-hybridized carbons (Fsp3) is 0.222. The Hall–Kier alpha value is -2.18. The van der Waals surface area contributed by atoms with Crippen molar-refractivity contribution in [3.05, 3.63) is 65.1 Å². The van der Waals surface area contributed by atoms with Crippen molar-refractivity contribution in [3.8, 4) is 0 Å². The molecule has 1 heterocycles. The summed E-state index contributed by atoms with van der Waals surface area (Å²) >= 11 is 0. The van der Waals surface area contributed by atoms with Crippen LogP contribution in [0.4, 0.5) is 4.39 Å². The minimum absolute atomic E-state index is 0.251. The van der Waals surface area contributed by atoms with Gasteiger partial charge in [0.05, 0.1) is 4.90 Å². The van der Waals surface area contributed by atoms with Crippen LogP contribution >= 0.6 is 0 Å². The first-order chi connectivity index (χ1) is 11.4. The molecule has 2 aromatic carbocycles. The van der Waals surface area contributed by atoms with E-state index in [0.29, 0.717) is 6.42 Å². The SMILES string of the molecule is Cc1cccc(S(=O)(=O)NCCc2c(C)[nH]c3ccc(F)cc23)c1. The van der Waals surface area contributed by atoms with E-state index in [0.717, 1.165) is 27.7 Å². The van der Waals surface area contributed by atoms with E-state index in [1.165, 1.54) is 12.1 Å². The quantitative estimate of drug-likeness (QED) is 0.743. The van der Waals surface area contributed by atoms with Crippen LogP contribution in [-0.4, -0.2) is 19.9 Å². The second kappa shape index (κ2) is 6.37. The maximum atomic E-state index is 13.5. The van der Waals surface area contributed by atoms with Gasteiger partial charge in [0.15, 0.2) is 0 Å². The van der Waals surface area contributed by atoms with Gasteiger partial charge in [-0.25, -0.2) is 17.5 Å². The number of hydrogen-bond donors (Lipinski definition) is 2. The molecular weight excluding hydrogens is 327 g/mol. The molecule has 4 nitrogen and oxygen atoms in total. The van der Waals surface area contributed by atoms with Crippen LogP contribution in [0.1, 0.15) is 16.8 Å². The Morgan fingerprint density at radius 3 is 2.67 bits per heavy atom. The molecule has 0 aliphatic rings. The van der Waals surface area contributed by atoms with Gasteiger partial charge >= 0.3 is 0 Å². The molecule has 2 N–H and O–H groups in total. The first-order valence-corrected chi connectivity index (χ1v) is 9.18. The first-order valence-electron chi connectivity index (χ1n) is 7.70. The number of benzene rings is 2. The van der Waals surface area contributed by atoms with E-state index in [-0.39, 0.29) is 17.3 Å². The molecule has 0 aliphatic heterocycles. The molecule has 3 aromatic rings. The van der Waals surface area contributed by atoms with Crippen LogP contribution in [0.15, 0.2) is 47.4 Å². The highest BCUT2D eigenvalue weighted by molar-refractivity contribution is 7.89. The van der Waals surface area contributed by atoms with Gasteiger partial charge in [-0.05, 0) is 61.7 Å². The lowest BCUT2D eigenvalue weighted by Crippen LogP contribution is -2.26. The average Bonchev–Trinajstić information content (AvgIpc) is 2.83. The maximum absolute atomic E-state index is 13.5. The van der Waals surface area contributed by atoms with Crippen molar-refractivity contribution in [1.29, 1.82) is 0 Å². The number of H-pyrrole nitrogens is 1. The lowest BCUT2D eigenvalue weighted by molar-refractivity contribution is 0.581. The number of hydrogen-bond acceptors (Lipinski definition) is 2. The third kappa shape index (κ3) is 3.34. The van der Waals surface area contributed by atoms with E-state index >= 15 is 0 Å². The molecule has 0 radical (unpaired) electrons. The summed E-state index contributed by atoms with van der Waals surface area (Å²) in [4.78, 5) is 3.45. The molecule has 0 saturated heterocycles. The van der Waals surface area contributed by atoms with Gasteiger partial charge in [0.25, 0.3) is 0 Å². The fourth-order valence-electron chi connectivity index (χ4n) is 2.85. The smallest absolute Gasteiger partial charge is 0.240 e. The Labute approximate surface area is 140 Å². The topological polar surface area (TPSA) is 62.0 Å². The van der Waals surface area contributed by atoms with Gasteiger partial charge in [-0.3, -0.25) is 0 Å². The Kier molecular flexibility index (Phi) is 4.43. The number of halogens is 1. The van der Waals surface area contributed by atoms with Crippen LogP contribution in [0.25, 0.3) is 10.9 Å². The second-order valence-electron chi connectivity index (χ2n) is 5.88. The summed E-state index contributed by atoms with van der Waals surface area (Å²) in [7, 11) is -3.54. The molecule has 0 bridgehead atoms. The number of aryl methyl sites for hydroxylation is 2. The highest BCUT2D eigenvalue weighted by Gasteiger charge is 2.15. The number of sulfonamides is 1. The third-order valence-electron chi connectivity index (χ3n) is 4.05. The summed E-state index contributed by atoms with van der Waals surface area (Å²) in [6, 6.07) is 11.3. The van der Waals surface area contributed by atoms with E-state index in [1.807, 2.05) is 19.9 Å². The zero-order chi connectivity index (χ0) is 17.3. The number of fused-ring (bicyclic) bond motifs is 1. The molecule has 0 spiro atoms. The lowest BCUT2D eigenvalue weighted by atomic mass is 10.1. The number of rotatable bonds is 5. The third-order valence-corrected chi connectivity index (χ3v) is 5.51. The summed E-state index contributed by atoms with van der Waals surface area (Å²) < 4.78 is 40.8. The predicted octanol–water partition coefficient (Wildman–Crippen LogP) is 3.44. The molecule has 0 fully saturated rings. The van der Waals surface area contributed by atoms with E-state index in [1.54, 1.807) is 24.3 Å². The van der Waals surface area contributed by atoms with Crippen LogP contribution in [0.5, 0.6) is 0 Å². The van der Waals surface area contributed by atoms with E-state index in [4.69, 9.17) is 0 Å². The molecule has 3 rings (SSSR count). The largest absolute Gasteiger partial charge is 0.358 e. The lowest BCUT2D eigenvalue weighted by Gasteiger charge is -2.08. The minimum Gasteiger partial charge on any atom is -0.358 e. The zero-order valence-corrected chi connectivity index (χ0v) is 14.4. The summed E-state index contributed by atoms with van der Waals surface area (Å²) in [5.74, 6) is -0.303. The summed E-state index contributed by atoms with van der Waals surface area (Å²) in [5, 5.41) is 0.794. The molecule has 0 aliphatic carbocycles. The molecule has 24 heavy (non-hydrogen) atoms. The fourth-order valence-corrected chi connectivity index (χ4v) is 3.99. The molecule has 0 amide bonds. The van der Waals surface area contributed by atoms with Gasteiger partial charge in [0.1, 0.15) is 5.82 Å². The number of nitrogens with one attached hydrogen (secondary N) is 2. The van der Waals surface area contributed by atoms with E-state index in [2.05, 4.69) is 9.71 Å². The average molecular weight is 346 g/mol. The molecule has 1 aromatic heterocycles. The molecule has 126 valence electrons. The van der Waals surface area contributed by atoms with Gasteiger partial charge in [-0.2, -0.15) is 0 Å². The van der Waals surface area contributed by atoms with Crippen LogP contribution in [0.3, 0.4) is 0 Å². The number of aromatic amines is 1. The zero-order valence-electron chi connectivity index (χ0n) is 13.6. The van der Waals surface area contributed by atoms with Gasteiger partial charge in [0, 0.05) is 23.1 Å². The van der Waals surface area contributed by atoms with Crippen molar-refractivity contribution in [2.75, 3.05) is 6.54 Å². The van der Waals surface area contributed by atoms with Crippen molar-refractivity contribution in [1.82, 2.24) is 9.71 Å². The van der Waals surface area contributed by atoms with Crippen LogP contribution in [0.2, 0.25) is 0 Å². The van der Waals surface area contributed by atoms with Crippen LogP contribution in [0, 0.1) is 19.7 Å². The summed E-state index contributed by atoms with van der Waals surface area (Å²) in [6.07, 6.45) is 0.486. The maximum Gasteiger partial charge on any atom is 0.240 e. The Bertz CT molecular complexity index is 993. The Morgan fingerprint density at radius 1 is 1.12 bits per heavy atom. The van der Waals surface area contributed by atoms with Gasteiger partial charge in [0.2, 0.25) is 10.0 Å². The van der Waals surface area contributed by atoms with E-state index in [9.17, 15) is 12.8 Å². The monoisotopic (exact) mass is 346 g/mol. The predicted molar refractivity (Wildman–Crippen MR) is 93.1 cm³/mol. The van der Waals surface area contributed by atoms with Crippen molar-refractivity contribution in [3.63, 3.8) is 0 Å². The second-order valence-corrected chi connectivity index (χ2v) is 7.65. The molecule has 0 unspecified atom stereocenters. The minimum atomic E-state index is -3.54. The molecule has 6 heteroatoms. The van der Waals surface area contributed by atoms with Crippen molar-refractivity contribution in [2.24, 2.45) is 0 Å². The van der Waals surface area contributed by atoms with Crippen molar-refractivity contribution < 1.29 is 12.8 Å². The standard InChI is InChI=1S/C18H19FN2O2S/c1-12-4-3-5-15(10-12)24(22,23)20-9-8-16-13(2)21-18-7-6-14(19)11-17(16)18/h3-7,10-11,20-21H,8-9H2,1-2H3.